The van der Waals surface area contributed by atoms with E-state index in [1.807, 2.05) is 0 Å². The number of amides is 4. The Balaban J connectivity index is 1.73. The molecule has 2 heterocycles. The number of unbranched alkanes of at least 4 members (excludes halogenated alkanes) is 1. The van der Waals surface area contributed by atoms with E-state index in [2.05, 4.69) is 12.6 Å². The van der Waals surface area contributed by atoms with Crippen molar-refractivity contribution in [2.45, 2.75) is 24.5 Å². The van der Waals surface area contributed by atoms with Crippen LogP contribution in [0.25, 0.3) is 0 Å². The van der Waals surface area contributed by atoms with Crippen molar-refractivity contribution in [3.63, 3.8) is 0 Å². The third-order valence-corrected chi connectivity index (χ3v) is 3.54. The first-order chi connectivity index (χ1) is 9.00. The van der Waals surface area contributed by atoms with Gasteiger partial charge in [-0.3, -0.25) is 29.0 Å². The van der Waals surface area contributed by atoms with Gasteiger partial charge in [-0.05, 0) is 12.8 Å². The molecule has 2 aliphatic heterocycles. The van der Waals surface area contributed by atoms with Gasteiger partial charge < -0.3 is 0 Å². The zero-order valence-corrected chi connectivity index (χ0v) is 11.1. The lowest BCUT2D eigenvalue weighted by molar-refractivity contribution is -0.140. The van der Waals surface area contributed by atoms with Crippen LogP contribution in [0.15, 0.2) is 12.2 Å². The molecule has 0 spiro atoms. The second-order valence-corrected chi connectivity index (χ2v) is 5.10. The summed E-state index contributed by atoms with van der Waals surface area (Å²) in [4.78, 5) is 47.9. The Kier molecular flexibility index (Phi) is 4.04. The SMILES string of the molecule is O=C1C=CC(=O)N1CCCCN1C(=O)CC(S)C1=O. The average Bonchev–Trinajstić information content (AvgIpc) is 2.80. The minimum atomic E-state index is -0.529. The van der Waals surface area contributed by atoms with Crippen molar-refractivity contribution < 1.29 is 19.2 Å². The second kappa shape index (κ2) is 5.56. The standard InChI is InChI=1S/C12H14N2O4S/c15-9-3-4-10(16)13(9)5-1-2-6-14-11(17)7-8(19)12(14)18/h3-4,8,19H,1-2,5-7H2. The van der Waals surface area contributed by atoms with Gasteiger partial charge >= 0.3 is 0 Å². The monoisotopic (exact) mass is 282 g/mol. The van der Waals surface area contributed by atoms with E-state index in [0.29, 0.717) is 25.9 Å². The molecule has 7 heteroatoms. The molecular formula is C12H14N2O4S. The molecule has 19 heavy (non-hydrogen) atoms. The van der Waals surface area contributed by atoms with E-state index in [1.165, 1.54) is 17.1 Å². The minimum Gasteiger partial charge on any atom is -0.282 e. The first-order valence-electron chi connectivity index (χ1n) is 6.06. The number of hydrogen-bond acceptors (Lipinski definition) is 5. The van der Waals surface area contributed by atoms with Gasteiger partial charge in [-0.1, -0.05) is 0 Å². The molecule has 1 fully saturated rings. The van der Waals surface area contributed by atoms with Crippen LogP contribution in [-0.2, 0) is 19.2 Å². The van der Waals surface area contributed by atoms with Gasteiger partial charge in [-0.15, -0.1) is 0 Å². The fourth-order valence-corrected chi connectivity index (χ4v) is 2.39. The summed E-state index contributed by atoms with van der Waals surface area (Å²) in [6, 6.07) is 0. The van der Waals surface area contributed by atoms with Crippen molar-refractivity contribution in [1.82, 2.24) is 9.80 Å². The molecule has 0 aromatic carbocycles. The number of nitrogens with zero attached hydrogens (tertiary/aromatic N) is 2. The summed E-state index contributed by atoms with van der Waals surface area (Å²) in [5.41, 5.74) is 0. The minimum absolute atomic E-state index is 0.148. The van der Waals surface area contributed by atoms with Crippen LogP contribution in [0.2, 0.25) is 0 Å². The van der Waals surface area contributed by atoms with E-state index in [4.69, 9.17) is 0 Å². The van der Waals surface area contributed by atoms with Gasteiger partial charge in [-0.2, -0.15) is 12.6 Å². The lowest BCUT2D eigenvalue weighted by atomic mass is 10.2. The van der Waals surface area contributed by atoms with Crippen LogP contribution < -0.4 is 0 Å². The molecule has 0 N–H and O–H groups in total. The third kappa shape index (κ3) is 2.86. The van der Waals surface area contributed by atoms with Crippen molar-refractivity contribution >= 4 is 36.3 Å². The Morgan fingerprint density at radius 3 is 2.00 bits per heavy atom. The van der Waals surface area contributed by atoms with E-state index in [0.717, 1.165) is 4.90 Å². The van der Waals surface area contributed by atoms with E-state index >= 15 is 0 Å². The van der Waals surface area contributed by atoms with E-state index in [9.17, 15) is 19.2 Å². The Bertz CT molecular complexity index is 456. The van der Waals surface area contributed by atoms with Crippen LogP contribution in [0.5, 0.6) is 0 Å². The highest BCUT2D eigenvalue weighted by molar-refractivity contribution is 7.81. The van der Waals surface area contributed by atoms with Gasteiger partial charge in [0.05, 0.1) is 5.25 Å². The van der Waals surface area contributed by atoms with Crippen LogP contribution in [0.3, 0.4) is 0 Å². The fraction of sp³-hybridized carbons (Fsp3) is 0.500. The summed E-state index contributed by atoms with van der Waals surface area (Å²) in [6.07, 6.45) is 3.75. The third-order valence-electron chi connectivity index (χ3n) is 3.13. The van der Waals surface area contributed by atoms with Crippen LogP contribution in [0, 0.1) is 0 Å². The molecule has 102 valence electrons. The maximum absolute atomic E-state index is 11.6. The number of imide groups is 2. The van der Waals surface area contributed by atoms with Crippen molar-refractivity contribution in [3.05, 3.63) is 12.2 Å². The molecule has 0 radical (unpaired) electrons. The van der Waals surface area contributed by atoms with Crippen molar-refractivity contribution in [1.29, 1.82) is 0 Å². The molecule has 4 amide bonds. The van der Waals surface area contributed by atoms with Gasteiger partial charge in [0.2, 0.25) is 11.8 Å². The number of thiol groups is 1. The Morgan fingerprint density at radius 2 is 1.53 bits per heavy atom. The molecule has 0 aromatic heterocycles. The maximum atomic E-state index is 11.6. The lowest BCUT2D eigenvalue weighted by Gasteiger charge is -2.16. The van der Waals surface area contributed by atoms with E-state index < -0.39 is 5.25 Å². The Morgan fingerprint density at radius 1 is 1.00 bits per heavy atom. The highest BCUT2D eigenvalue weighted by Gasteiger charge is 2.35. The predicted octanol–water partition coefficient (Wildman–Crippen LogP) is -0.251. The number of carbonyl (C=O) groups excluding carboxylic acids is 4. The lowest BCUT2D eigenvalue weighted by Crippen LogP contribution is -2.34. The Hall–Kier alpha value is -1.63. The second-order valence-electron chi connectivity index (χ2n) is 4.47. The van der Waals surface area contributed by atoms with Crippen molar-refractivity contribution in [2.24, 2.45) is 0 Å². The molecule has 0 saturated carbocycles. The zero-order valence-electron chi connectivity index (χ0n) is 10.2. The van der Waals surface area contributed by atoms with Gasteiger partial charge in [-0.25, -0.2) is 0 Å². The predicted molar refractivity (Wildman–Crippen MR) is 69.2 cm³/mol. The molecule has 2 rings (SSSR count). The Labute approximate surface area is 115 Å². The van der Waals surface area contributed by atoms with E-state index in [-0.39, 0.29) is 30.0 Å². The number of likely N-dealkylation sites (tertiary alicyclic amines) is 1. The molecule has 6 nitrogen and oxygen atoms in total. The summed E-state index contributed by atoms with van der Waals surface area (Å²) >= 11 is 4.03. The summed E-state index contributed by atoms with van der Waals surface area (Å²) in [6.45, 7) is 0.629. The zero-order chi connectivity index (χ0) is 14.0. The smallest absolute Gasteiger partial charge is 0.253 e. The van der Waals surface area contributed by atoms with Gasteiger partial charge in [0, 0.05) is 31.7 Å². The summed E-state index contributed by atoms with van der Waals surface area (Å²) in [5, 5.41) is -0.529. The highest BCUT2D eigenvalue weighted by Crippen LogP contribution is 2.18. The summed E-state index contributed by atoms with van der Waals surface area (Å²) in [5.74, 6) is -1.09. The molecule has 1 atom stereocenters. The molecule has 0 aliphatic carbocycles. The highest BCUT2D eigenvalue weighted by atomic mass is 32.1. The normalized spacial score (nSPS) is 23.1. The van der Waals surface area contributed by atoms with Crippen molar-refractivity contribution in [2.75, 3.05) is 13.1 Å². The largest absolute Gasteiger partial charge is 0.282 e. The van der Waals surface area contributed by atoms with Gasteiger partial charge in [0.25, 0.3) is 11.8 Å². The average molecular weight is 282 g/mol. The molecular weight excluding hydrogens is 268 g/mol. The molecule has 1 unspecified atom stereocenters. The van der Waals surface area contributed by atoms with E-state index in [1.54, 1.807) is 0 Å². The van der Waals surface area contributed by atoms with Gasteiger partial charge in [0.1, 0.15) is 0 Å². The van der Waals surface area contributed by atoms with Gasteiger partial charge in [0.15, 0.2) is 0 Å². The van der Waals surface area contributed by atoms with Crippen LogP contribution >= 0.6 is 12.6 Å². The summed E-state index contributed by atoms with van der Waals surface area (Å²) < 4.78 is 0. The molecule has 1 saturated heterocycles. The maximum Gasteiger partial charge on any atom is 0.253 e. The molecule has 0 bridgehead atoms. The first kappa shape index (κ1) is 13.8. The molecule has 2 aliphatic rings. The number of carbonyl (C=O) groups is 4. The number of rotatable bonds is 5. The van der Waals surface area contributed by atoms with Crippen LogP contribution in [0.1, 0.15) is 19.3 Å². The fourth-order valence-electron chi connectivity index (χ4n) is 2.09. The quantitative estimate of drug-likeness (QED) is 0.428. The first-order valence-corrected chi connectivity index (χ1v) is 6.58. The number of hydrogen-bond donors (Lipinski definition) is 1. The van der Waals surface area contributed by atoms with Crippen LogP contribution in [-0.4, -0.2) is 51.8 Å². The van der Waals surface area contributed by atoms with Crippen molar-refractivity contribution in [3.8, 4) is 0 Å². The molecule has 0 aromatic rings. The summed E-state index contributed by atoms with van der Waals surface area (Å²) in [7, 11) is 0. The van der Waals surface area contributed by atoms with Crippen LogP contribution in [0.4, 0.5) is 0 Å². The topological polar surface area (TPSA) is 74.8 Å².